The van der Waals surface area contributed by atoms with E-state index in [2.05, 4.69) is 15.8 Å². The van der Waals surface area contributed by atoms with Gasteiger partial charge in [0.2, 0.25) is 0 Å². The molecule has 3 aromatic rings. The van der Waals surface area contributed by atoms with Crippen LogP contribution in [0.2, 0.25) is 0 Å². The SMILES string of the molecule is Cc1ccc(NC(=O)C(=O)N/N=C\c2cc(C)n(-c3ccccc3F)c2C)cc1. The quantitative estimate of drug-likeness (QED) is 0.404. The fraction of sp³-hybridized carbons (Fsp3) is 0.136. The molecule has 0 aliphatic carbocycles. The number of rotatable bonds is 4. The fourth-order valence-electron chi connectivity index (χ4n) is 2.96. The molecule has 2 aromatic carbocycles. The first-order chi connectivity index (χ1) is 13.9. The van der Waals surface area contributed by atoms with Crippen LogP contribution in [0.15, 0.2) is 59.7 Å². The van der Waals surface area contributed by atoms with Crippen LogP contribution in [0.4, 0.5) is 10.1 Å². The summed E-state index contributed by atoms with van der Waals surface area (Å²) < 4.78 is 15.9. The van der Waals surface area contributed by atoms with Crippen molar-refractivity contribution in [3.63, 3.8) is 0 Å². The molecule has 0 saturated heterocycles. The minimum absolute atomic E-state index is 0.334. The lowest BCUT2D eigenvalue weighted by Gasteiger charge is -2.10. The Hall–Kier alpha value is -3.74. The third-order valence-corrected chi connectivity index (χ3v) is 4.45. The molecule has 6 nitrogen and oxygen atoms in total. The number of benzene rings is 2. The van der Waals surface area contributed by atoms with Gasteiger partial charge in [0.25, 0.3) is 0 Å². The summed E-state index contributed by atoms with van der Waals surface area (Å²) in [6, 6.07) is 15.4. The highest BCUT2D eigenvalue weighted by atomic mass is 19.1. The molecule has 3 rings (SSSR count). The molecule has 0 aliphatic heterocycles. The second-order valence-corrected chi connectivity index (χ2v) is 6.63. The minimum atomic E-state index is -0.885. The molecule has 0 fully saturated rings. The molecular weight excluding hydrogens is 371 g/mol. The molecule has 0 spiro atoms. The van der Waals surface area contributed by atoms with Gasteiger partial charge in [0, 0.05) is 22.6 Å². The third-order valence-electron chi connectivity index (χ3n) is 4.45. The van der Waals surface area contributed by atoms with Crippen molar-refractivity contribution in [3.8, 4) is 5.69 Å². The number of nitrogens with one attached hydrogen (secondary N) is 2. The van der Waals surface area contributed by atoms with Crippen LogP contribution in [0, 0.1) is 26.6 Å². The number of hydrazone groups is 1. The van der Waals surface area contributed by atoms with Crippen LogP contribution >= 0.6 is 0 Å². The number of halogens is 1. The van der Waals surface area contributed by atoms with Gasteiger partial charge in [-0.15, -0.1) is 0 Å². The Morgan fingerprint density at radius 2 is 1.69 bits per heavy atom. The fourth-order valence-corrected chi connectivity index (χ4v) is 2.96. The zero-order valence-electron chi connectivity index (χ0n) is 16.4. The van der Waals surface area contributed by atoms with Gasteiger partial charge in [-0.05, 0) is 51.1 Å². The summed E-state index contributed by atoms with van der Waals surface area (Å²) in [5.74, 6) is -2.04. The standard InChI is InChI=1S/C22H21FN4O2/c1-14-8-10-18(11-9-14)25-21(28)22(29)26-24-13-17-12-15(2)27(16(17)3)20-7-5-4-6-19(20)23/h4-13H,1-3H3,(H,25,28)(H,26,29)/b24-13-. The summed E-state index contributed by atoms with van der Waals surface area (Å²) in [5, 5.41) is 6.36. The van der Waals surface area contributed by atoms with Gasteiger partial charge < -0.3 is 9.88 Å². The monoisotopic (exact) mass is 392 g/mol. The molecule has 2 N–H and O–H groups in total. The number of hydrogen-bond acceptors (Lipinski definition) is 3. The topological polar surface area (TPSA) is 75.5 Å². The molecule has 0 bridgehead atoms. The van der Waals surface area contributed by atoms with Crippen molar-refractivity contribution in [3.05, 3.63) is 82.9 Å². The number of hydrogen-bond donors (Lipinski definition) is 2. The minimum Gasteiger partial charge on any atom is -0.318 e. The lowest BCUT2D eigenvalue weighted by molar-refractivity contribution is -0.136. The second kappa shape index (κ2) is 8.52. The Labute approximate surface area is 168 Å². The number of aryl methyl sites for hydroxylation is 2. The Balaban J connectivity index is 1.68. The van der Waals surface area contributed by atoms with E-state index in [1.165, 1.54) is 12.3 Å². The summed E-state index contributed by atoms with van der Waals surface area (Å²) >= 11 is 0. The molecule has 0 atom stereocenters. The first kappa shape index (κ1) is 20.0. The number of nitrogens with zero attached hydrogens (tertiary/aromatic N) is 2. The Morgan fingerprint density at radius 3 is 2.38 bits per heavy atom. The zero-order chi connectivity index (χ0) is 21.0. The number of carbonyl (C=O) groups is 2. The van der Waals surface area contributed by atoms with Crippen molar-refractivity contribution >= 4 is 23.7 Å². The molecule has 29 heavy (non-hydrogen) atoms. The van der Waals surface area contributed by atoms with E-state index in [0.29, 0.717) is 16.9 Å². The highest BCUT2D eigenvalue weighted by molar-refractivity contribution is 6.39. The molecule has 7 heteroatoms. The molecule has 0 unspecified atom stereocenters. The maximum Gasteiger partial charge on any atom is 0.329 e. The molecular formula is C22H21FN4O2. The van der Waals surface area contributed by atoms with Crippen molar-refractivity contribution in [1.29, 1.82) is 0 Å². The Kier molecular flexibility index (Phi) is 5.87. The lowest BCUT2D eigenvalue weighted by Crippen LogP contribution is -2.32. The summed E-state index contributed by atoms with van der Waals surface area (Å²) in [6.07, 6.45) is 1.43. The van der Waals surface area contributed by atoms with E-state index in [1.54, 1.807) is 34.9 Å². The molecule has 1 heterocycles. The third kappa shape index (κ3) is 4.57. The molecule has 148 valence electrons. The normalized spacial score (nSPS) is 10.9. The van der Waals surface area contributed by atoms with Crippen LogP contribution in [-0.4, -0.2) is 22.6 Å². The number of para-hydroxylation sites is 1. The highest BCUT2D eigenvalue weighted by Crippen LogP contribution is 2.21. The van der Waals surface area contributed by atoms with Crippen LogP contribution in [0.3, 0.4) is 0 Å². The highest BCUT2D eigenvalue weighted by Gasteiger charge is 2.14. The van der Waals surface area contributed by atoms with E-state index in [0.717, 1.165) is 17.0 Å². The Morgan fingerprint density at radius 1 is 1.00 bits per heavy atom. The van der Waals surface area contributed by atoms with Crippen molar-refractivity contribution < 1.29 is 14.0 Å². The van der Waals surface area contributed by atoms with Crippen LogP contribution in [-0.2, 0) is 9.59 Å². The predicted molar refractivity (Wildman–Crippen MR) is 111 cm³/mol. The summed E-state index contributed by atoms with van der Waals surface area (Å²) in [7, 11) is 0. The van der Waals surface area contributed by atoms with E-state index in [1.807, 2.05) is 39.0 Å². The van der Waals surface area contributed by atoms with Crippen LogP contribution in [0.5, 0.6) is 0 Å². The van der Waals surface area contributed by atoms with Crippen molar-refractivity contribution in [2.45, 2.75) is 20.8 Å². The van der Waals surface area contributed by atoms with Gasteiger partial charge in [0.15, 0.2) is 0 Å². The van der Waals surface area contributed by atoms with Gasteiger partial charge >= 0.3 is 11.8 Å². The van der Waals surface area contributed by atoms with Gasteiger partial charge in [-0.3, -0.25) is 9.59 Å². The number of amides is 2. The average molecular weight is 392 g/mol. The first-order valence-electron chi connectivity index (χ1n) is 9.01. The predicted octanol–water partition coefficient (Wildman–Crippen LogP) is 3.63. The van der Waals surface area contributed by atoms with Crippen molar-refractivity contribution in [2.75, 3.05) is 5.32 Å². The van der Waals surface area contributed by atoms with E-state index in [-0.39, 0.29) is 5.82 Å². The molecule has 0 radical (unpaired) electrons. The maximum absolute atomic E-state index is 14.1. The maximum atomic E-state index is 14.1. The van der Waals surface area contributed by atoms with Gasteiger partial charge in [0.1, 0.15) is 5.82 Å². The number of carbonyl (C=O) groups excluding carboxylic acids is 2. The molecule has 2 amide bonds. The molecule has 0 aliphatic rings. The lowest BCUT2D eigenvalue weighted by atomic mass is 10.2. The number of anilines is 1. The summed E-state index contributed by atoms with van der Waals surface area (Å²) in [5.41, 5.74) is 6.48. The van der Waals surface area contributed by atoms with E-state index < -0.39 is 11.8 Å². The van der Waals surface area contributed by atoms with Crippen molar-refractivity contribution in [1.82, 2.24) is 9.99 Å². The second-order valence-electron chi connectivity index (χ2n) is 6.63. The smallest absolute Gasteiger partial charge is 0.318 e. The average Bonchev–Trinajstić information content (AvgIpc) is 2.97. The van der Waals surface area contributed by atoms with Gasteiger partial charge in [0.05, 0.1) is 11.9 Å². The summed E-state index contributed by atoms with van der Waals surface area (Å²) in [6.45, 7) is 5.60. The van der Waals surface area contributed by atoms with Crippen molar-refractivity contribution in [2.24, 2.45) is 5.10 Å². The molecule has 0 saturated carbocycles. The molecule has 1 aromatic heterocycles. The zero-order valence-corrected chi connectivity index (χ0v) is 16.4. The largest absolute Gasteiger partial charge is 0.329 e. The number of aromatic nitrogens is 1. The van der Waals surface area contributed by atoms with Gasteiger partial charge in [-0.1, -0.05) is 29.8 Å². The van der Waals surface area contributed by atoms with E-state index in [4.69, 9.17) is 0 Å². The van der Waals surface area contributed by atoms with Crippen LogP contribution < -0.4 is 10.7 Å². The Bertz CT molecular complexity index is 1080. The van der Waals surface area contributed by atoms with Gasteiger partial charge in [-0.25, -0.2) is 9.82 Å². The van der Waals surface area contributed by atoms with Gasteiger partial charge in [-0.2, -0.15) is 5.10 Å². The summed E-state index contributed by atoms with van der Waals surface area (Å²) in [4.78, 5) is 23.9. The van der Waals surface area contributed by atoms with E-state index >= 15 is 0 Å². The van der Waals surface area contributed by atoms with Crippen LogP contribution in [0.1, 0.15) is 22.5 Å². The first-order valence-corrected chi connectivity index (χ1v) is 9.01. The van der Waals surface area contributed by atoms with Crippen LogP contribution in [0.25, 0.3) is 5.69 Å². The van der Waals surface area contributed by atoms with E-state index in [9.17, 15) is 14.0 Å².